The highest BCUT2D eigenvalue weighted by Crippen LogP contribution is 2.18. The molecule has 0 aliphatic carbocycles. The quantitative estimate of drug-likeness (QED) is 0.872. The monoisotopic (exact) mass is 345 g/mol. The number of hydrogen-bond donors (Lipinski definition) is 2. The lowest BCUT2D eigenvalue weighted by atomic mass is 10.0. The Balaban J connectivity index is 2.15. The van der Waals surface area contributed by atoms with Crippen LogP contribution < -0.4 is 10.6 Å². The molecule has 0 saturated heterocycles. The van der Waals surface area contributed by atoms with Gasteiger partial charge in [0.2, 0.25) is 5.91 Å². The van der Waals surface area contributed by atoms with E-state index in [9.17, 15) is 9.59 Å². The van der Waals surface area contributed by atoms with Gasteiger partial charge < -0.3 is 10.6 Å². The molecule has 0 radical (unpaired) electrons. The third-order valence-electron chi connectivity index (χ3n) is 3.63. The summed E-state index contributed by atoms with van der Waals surface area (Å²) in [5, 5.41) is 5.80. The van der Waals surface area contributed by atoms with Crippen molar-refractivity contribution < 1.29 is 9.59 Å². The lowest BCUT2D eigenvalue weighted by Crippen LogP contribution is -2.47. The van der Waals surface area contributed by atoms with Gasteiger partial charge in [0.25, 0.3) is 5.91 Å². The van der Waals surface area contributed by atoms with Crippen LogP contribution in [0, 0.1) is 12.8 Å². The molecule has 1 aromatic carbocycles. The molecule has 1 atom stereocenters. The maximum Gasteiger partial charge on any atom is 0.252 e. The highest BCUT2D eigenvalue weighted by Gasteiger charge is 2.26. The Kier molecular flexibility index (Phi) is 5.93. The fourth-order valence-corrected chi connectivity index (χ4v) is 2.42. The molecule has 0 spiro atoms. The molecule has 126 valence electrons. The second-order valence-electron chi connectivity index (χ2n) is 5.83. The molecular formula is C18H20ClN3O2. The summed E-state index contributed by atoms with van der Waals surface area (Å²) in [4.78, 5) is 29.0. The first kappa shape index (κ1) is 17.9. The number of anilines is 1. The summed E-state index contributed by atoms with van der Waals surface area (Å²) in [6.07, 6.45) is 1.54. The van der Waals surface area contributed by atoms with E-state index in [1.165, 1.54) is 6.20 Å². The highest BCUT2D eigenvalue weighted by atomic mass is 35.5. The summed E-state index contributed by atoms with van der Waals surface area (Å²) < 4.78 is 0. The number of halogens is 1. The van der Waals surface area contributed by atoms with Crippen LogP contribution in [0.25, 0.3) is 0 Å². The second kappa shape index (κ2) is 7.93. The van der Waals surface area contributed by atoms with Crippen molar-refractivity contribution in [2.45, 2.75) is 26.8 Å². The van der Waals surface area contributed by atoms with Gasteiger partial charge in [0.05, 0.1) is 5.02 Å². The molecule has 24 heavy (non-hydrogen) atoms. The molecule has 6 heteroatoms. The van der Waals surface area contributed by atoms with E-state index in [4.69, 9.17) is 11.6 Å². The SMILES string of the molecule is Cc1ccccc1C(=O)N[C@@H](C(=O)Nc1ncccc1Cl)C(C)C. The van der Waals surface area contributed by atoms with Gasteiger partial charge in [-0.05, 0) is 36.6 Å². The molecule has 0 aliphatic rings. The van der Waals surface area contributed by atoms with Crippen LogP contribution in [0.2, 0.25) is 5.02 Å². The van der Waals surface area contributed by atoms with Gasteiger partial charge in [0.15, 0.2) is 5.82 Å². The van der Waals surface area contributed by atoms with Crippen LogP contribution in [0.1, 0.15) is 29.8 Å². The van der Waals surface area contributed by atoms with Gasteiger partial charge in [0.1, 0.15) is 6.04 Å². The summed E-state index contributed by atoms with van der Waals surface area (Å²) in [5.74, 6) is -0.456. The molecule has 1 heterocycles. The summed E-state index contributed by atoms with van der Waals surface area (Å²) >= 11 is 6.01. The molecule has 1 aromatic heterocycles. The molecule has 0 aliphatic heterocycles. The number of nitrogens with zero attached hydrogens (tertiary/aromatic N) is 1. The number of rotatable bonds is 5. The Morgan fingerprint density at radius 2 is 1.83 bits per heavy atom. The van der Waals surface area contributed by atoms with E-state index < -0.39 is 6.04 Å². The van der Waals surface area contributed by atoms with E-state index >= 15 is 0 Å². The van der Waals surface area contributed by atoms with Crippen LogP contribution in [0.4, 0.5) is 5.82 Å². The molecule has 2 amide bonds. The maximum absolute atomic E-state index is 12.5. The van der Waals surface area contributed by atoms with Gasteiger partial charge in [-0.15, -0.1) is 0 Å². The first-order valence-electron chi connectivity index (χ1n) is 7.68. The van der Waals surface area contributed by atoms with Gasteiger partial charge in [-0.25, -0.2) is 4.98 Å². The summed E-state index contributed by atoms with van der Waals surface area (Å²) in [6, 6.07) is 9.86. The van der Waals surface area contributed by atoms with Crippen molar-refractivity contribution in [3.8, 4) is 0 Å². The van der Waals surface area contributed by atoms with Crippen LogP contribution in [-0.4, -0.2) is 22.8 Å². The minimum Gasteiger partial charge on any atom is -0.340 e. The first-order chi connectivity index (χ1) is 11.4. The number of nitrogens with one attached hydrogen (secondary N) is 2. The predicted molar refractivity (Wildman–Crippen MR) is 95.1 cm³/mol. The Morgan fingerprint density at radius 1 is 1.12 bits per heavy atom. The van der Waals surface area contributed by atoms with Crippen LogP contribution >= 0.6 is 11.6 Å². The zero-order valence-electron chi connectivity index (χ0n) is 13.8. The topological polar surface area (TPSA) is 71.1 Å². The van der Waals surface area contributed by atoms with Crippen LogP contribution in [0.5, 0.6) is 0 Å². The first-order valence-corrected chi connectivity index (χ1v) is 8.06. The maximum atomic E-state index is 12.5. The van der Waals surface area contributed by atoms with Crippen LogP contribution in [0.3, 0.4) is 0 Å². The van der Waals surface area contributed by atoms with E-state index in [1.807, 2.05) is 32.9 Å². The molecule has 2 rings (SSSR count). The van der Waals surface area contributed by atoms with Crippen molar-refractivity contribution in [2.24, 2.45) is 5.92 Å². The van der Waals surface area contributed by atoms with E-state index in [2.05, 4.69) is 15.6 Å². The van der Waals surface area contributed by atoms with Gasteiger partial charge in [-0.3, -0.25) is 9.59 Å². The van der Waals surface area contributed by atoms with E-state index in [0.717, 1.165) is 5.56 Å². The lowest BCUT2D eigenvalue weighted by molar-refractivity contribution is -0.118. The Bertz CT molecular complexity index is 747. The summed E-state index contributed by atoms with van der Waals surface area (Å²) in [5.41, 5.74) is 1.40. The van der Waals surface area contributed by atoms with Crippen LogP contribution in [-0.2, 0) is 4.79 Å². The molecule has 5 nitrogen and oxygen atoms in total. The zero-order valence-corrected chi connectivity index (χ0v) is 14.6. The van der Waals surface area contributed by atoms with Gasteiger partial charge >= 0.3 is 0 Å². The number of pyridine rings is 1. The molecular weight excluding hydrogens is 326 g/mol. The predicted octanol–water partition coefficient (Wildman–Crippen LogP) is 3.44. The van der Waals surface area contributed by atoms with Gasteiger partial charge in [-0.1, -0.05) is 43.6 Å². The second-order valence-corrected chi connectivity index (χ2v) is 6.24. The van der Waals surface area contributed by atoms with Crippen molar-refractivity contribution >= 4 is 29.2 Å². The Morgan fingerprint density at radius 3 is 2.46 bits per heavy atom. The average Bonchev–Trinajstić information content (AvgIpc) is 2.54. The average molecular weight is 346 g/mol. The van der Waals surface area contributed by atoms with Crippen molar-refractivity contribution in [1.29, 1.82) is 0 Å². The molecule has 0 bridgehead atoms. The number of carbonyl (C=O) groups is 2. The Hall–Kier alpha value is -2.40. The number of amides is 2. The van der Waals surface area contributed by atoms with Crippen molar-refractivity contribution in [2.75, 3.05) is 5.32 Å². The highest BCUT2D eigenvalue weighted by molar-refractivity contribution is 6.33. The Labute approximate surface area is 146 Å². The van der Waals surface area contributed by atoms with Gasteiger partial charge in [0, 0.05) is 11.8 Å². The van der Waals surface area contributed by atoms with Gasteiger partial charge in [-0.2, -0.15) is 0 Å². The minimum absolute atomic E-state index is 0.0968. The third-order valence-corrected chi connectivity index (χ3v) is 3.93. The fraction of sp³-hybridized carbons (Fsp3) is 0.278. The molecule has 0 fully saturated rings. The smallest absolute Gasteiger partial charge is 0.252 e. The normalized spacial score (nSPS) is 11.9. The number of aryl methyl sites for hydroxylation is 1. The standard InChI is InChI=1S/C18H20ClN3O2/c1-11(2)15(18(24)22-16-14(19)9-6-10-20-16)21-17(23)13-8-5-4-7-12(13)3/h4-11,15H,1-3H3,(H,21,23)(H,20,22,24)/t15-/m1/s1. The van der Waals surface area contributed by atoms with E-state index in [1.54, 1.807) is 24.3 Å². The minimum atomic E-state index is -0.699. The molecule has 2 N–H and O–H groups in total. The van der Waals surface area contributed by atoms with Crippen molar-refractivity contribution in [3.63, 3.8) is 0 Å². The number of benzene rings is 1. The molecule has 0 saturated carbocycles. The van der Waals surface area contributed by atoms with E-state index in [0.29, 0.717) is 10.6 Å². The lowest BCUT2D eigenvalue weighted by Gasteiger charge is -2.22. The fourth-order valence-electron chi connectivity index (χ4n) is 2.25. The summed E-state index contributed by atoms with van der Waals surface area (Å²) in [6.45, 7) is 5.58. The van der Waals surface area contributed by atoms with E-state index in [-0.39, 0.29) is 23.6 Å². The molecule has 0 unspecified atom stereocenters. The number of aromatic nitrogens is 1. The molecule has 2 aromatic rings. The zero-order chi connectivity index (χ0) is 17.7. The third kappa shape index (κ3) is 4.32. The summed E-state index contributed by atoms with van der Waals surface area (Å²) in [7, 11) is 0. The number of carbonyl (C=O) groups excluding carboxylic acids is 2. The largest absolute Gasteiger partial charge is 0.340 e. The number of hydrogen-bond acceptors (Lipinski definition) is 3. The van der Waals surface area contributed by atoms with Crippen molar-refractivity contribution in [1.82, 2.24) is 10.3 Å². The van der Waals surface area contributed by atoms with Crippen molar-refractivity contribution in [3.05, 3.63) is 58.7 Å². The van der Waals surface area contributed by atoms with Crippen LogP contribution in [0.15, 0.2) is 42.6 Å².